The number of carbonyl (C=O) groups excluding carboxylic acids is 1. The summed E-state index contributed by atoms with van der Waals surface area (Å²) >= 11 is 5.85. The number of hydrogen-bond acceptors (Lipinski definition) is 3. The topological polar surface area (TPSA) is 65.2 Å². The summed E-state index contributed by atoms with van der Waals surface area (Å²) < 4.78 is 4.86. The van der Waals surface area contributed by atoms with E-state index < -0.39 is 6.09 Å². The van der Waals surface area contributed by atoms with E-state index in [2.05, 4.69) is 4.98 Å². The molecule has 0 spiro atoms. The van der Waals surface area contributed by atoms with E-state index in [0.29, 0.717) is 0 Å². The highest BCUT2D eigenvalue weighted by atomic mass is 35.5. The van der Waals surface area contributed by atoms with E-state index in [9.17, 15) is 4.79 Å². The average Bonchev–Trinajstić information content (AvgIpc) is 2.09. The van der Waals surface area contributed by atoms with Gasteiger partial charge >= 0.3 is 6.09 Å². The van der Waals surface area contributed by atoms with Gasteiger partial charge in [0.25, 0.3) is 0 Å². The molecule has 16 heavy (non-hydrogen) atoms. The number of nitrogens with zero attached hydrogens (tertiary/aromatic N) is 1. The maximum atomic E-state index is 10.7. The van der Waals surface area contributed by atoms with Crippen molar-refractivity contribution in [2.75, 3.05) is 0 Å². The number of amides is 1. The zero-order valence-electron chi connectivity index (χ0n) is 9.80. The minimum Gasteiger partial charge on any atom is -0.407 e. The van der Waals surface area contributed by atoms with Crippen molar-refractivity contribution in [1.29, 1.82) is 0 Å². The van der Waals surface area contributed by atoms with Crippen LogP contribution in [0.5, 0.6) is 5.75 Å². The summed E-state index contributed by atoms with van der Waals surface area (Å²) in [4.78, 5) is 14.7. The lowest BCUT2D eigenvalue weighted by Crippen LogP contribution is -2.20. The molecule has 0 aromatic carbocycles. The molecule has 0 fully saturated rings. The first kappa shape index (κ1) is 12.8. The largest absolute Gasteiger partial charge is 0.410 e. The Bertz CT molecular complexity index is 425. The normalized spacial score (nSPS) is 11.3. The molecule has 2 N–H and O–H groups in total. The summed E-state index contributed by atoms with van der Waals surface area (Å²) in [6.45, 7) is 7.95. The summed E-state index contributed by atoms with van der Waals surface area (Å²) in [5.41, 5.74) is 6.62. The second-order valence-electron chi connectivity index (χ2n) is 4.59. The summed E-state index contributed by atoms with van der Waals surface area (Å²) in [6.07, 6.45) is 0.795. The van der Waals surface area contributed by atoms with Crippen LogP contribution < -0.4 is 10.5 Å². The van der Waals surface area contributed by atoms with Gasteiger partial charge in [0.05, 0.1) is 0 Å². The predicted molar refractivity (Wildman–Crippen MR) is 62.9 cm³/mol. The number of rotatable bonds is 1. The fraction of sp³-hybridized carbons (Fsp3) is 0.455. The summed E-state index contributed by atoms with van der Waals surface area (Å²) in [5.74, 6) is 0.238. The smallest absolute Gasteiger partial charge is 0.407 e. The molecule has 5 heteroatoms. The Morgan fingerprint density at radius 3 is 2.50 bits per heavy atom. The van der Waals surface area contributed by atoms with Crippen molar-refractivity contribution in [3.05, 3.63) is 22.5 Å². The van der Waals surface area contributed by atoms with Crippen LogP contribution in [0.2, 0.25) is 5.15 Å². The third-order valence-electron chi connectivity index (χ3n) is 2.25. The number of aromatic nitrogens is 1. The molecule has 0 unspecified atom stereocenters. The van der Waals surface area contributed by atoms with E-state index in [1.54, 1.807) is 6.20 Å². The van der Waals surface area contributed by atoms with E-state index in [0.717, 1.165) is 11.1 Å². The van der Waals surface area contributed by atoms with Crippen molar-refractivity contribution in [2.45, 2.75) is 33.1 Å². The molecule has 4 nitrogen and oxygen atoms in total. The van der Waals surface area contributed by atoms with E-state index >= 15 is 0 Å². The van der Waals surface area contributed by atoms with Crippen LogP contribution in [-0.4, -0.2) is 11.1 Å². The quantitative estimate of drug-likeness (QED) is 0.770. The van der Waals surface area contributed by atoms with E-state index in [1.807, 2.05) is 27.7 Å². The monoisotopic (exact) mass is 242 g/mol. The van der Waals surface area contributed by atoms with E-state index in [1.165, 1.54) is 0 Å². The fourth-order valence-corrected chi connectivity index (χ4v) is 1.76. The van der Waals surface area contributed by atoms with Crippen molar-refractivity contribution < 1.29 is 9.53 Å². The molecule has 0 radical (unpaired) electrons. The van der Waals surface area contributed by atoms with Crippen molar-refractivity contribution >= 4 is 17.7 Å². The number of hydrogen-bond donors (Lipinski definition) is 1. The lowest BCUT2D eigenvalue weighted by atomic mass is 9.85. The van der Waals surface area contributed by atoms with Gasteiger partial charge in [0, 0.05) is 11.8 Å². The lowest BCUT2D eigenvalue weighted by Gasteiger charge is -2.22. The Kier molecular flexibility index (Phi) is 3.43. The van der Waals surface area contributed by atoms with E-state index in [4.69, 9.17) is 22.1 Å². The summed E-state index contributed by atoms with van der Waals surface area (Å²) in [7, 11) is 0. The summed E-state index contributed by atoms with van der Waals surface area (Å²) in [6, 6.07) is 0. The zero-order chi connectivity index (χ0) is 12.5. The number of pyridine rings is 1. The summed E-state index contributed by atoms with van der Waals surface area (Å²) in [5, 5.41) is 0.143. The fourth-order valence-electron chi connectivity index (χ4n) is 1.53. The van der Waals surface area contributed by atoms with Gasteiger partial charge in [-0.15, -0.1) is 0 Å². The highest BCUT2D eigenvalue weighted by Crippen LogP contribution is 2.34. The second kappa shape index (κ2) is 4.29. The number of nitrogens with two attached hydrogens (primary N) is 1. The average molecular weight is 243 g/mol. The van der Waals surface area contributed by atoms with Crippen LogP contribution in [0.25, 0.3) is 0 Å². The van der Waals surface area contributed by atoms with Crippen molar-refractivity contribution in [3.8, 4) is 5.75 Å². The minimum atomic E-state index is -0.891. The zero-order valence-corrected chi connectivity index (χ0v) is 10.6. The first-order valence-electron chi connectivity index (χ1n) is 4.86. The molecule has 0 saturated carbocycles. The van der Waals surface area contributed by atoms with Crippen molar-refractivity contribution in [3.63, 3.8) is 0 Å². The number of carbonyl (C=O) groups is 1. The predicted octanol–water partition coefficient (Wildman–Crippen LogP) is 2.80. The van der Waals surface area contributed by atoms with Gasteiger partial charge in [-0.1, -0.05) is 32.4 Å². The number of ether oxygens (including phenoxy) is 1. The SMILES string of the molecule is Cc1c(C(C)(C)C)cnc(Cl)c1OC(N)=O. The van der Waals surface area contributed by atoms with E-state index in [-0.39, 0.29) is 16.3 Å². The third kappa shape index (κ3) is 2.64. The van der Waals surface area contributed by atoms with Gasteiger partial charge in [-0.2, -0.15) is 0 Å². The molecule has 0 aliphatic carbocycles. The Balaban J connectivity index is 3.33. The molecule has 88 valence electrons. The van der Waals surface area contributed by atoms with Gasteiger partial charge in [0.2, 0.25) is 0 Å². The van der Waals surface area contributed by atoms with Gasteiger partial charge in [-0.3, -0.25) is 0 Å². The Hall–Kier alpha value is -1.29. The first-order valence-corrected chi connectivity index (χ1v) is 5.24. The molecular weight excluding hydrogens is 228 g/mol. The second-order valence-corrected chi connectivity index (χ2v) is 4.95. The van der Waals surface area contributed by atoms with Crippen molar-refractivity contribution in [2.24, 2.45) is 5.73 Å². The number of primary amides is 1. The van der Waals surface area contributed by atoms with Gasteiger partial charge in [-0.05, 0) is 17.9 Å². The highest BCUT2D eigenvalue weighted by Gasteiger charge is 2.22. The Morgan fingerprint density at radius 2 is 2.06 bits per heavy atom. The minimum absolute atomic E-state index is 0.0998. The molecule has 1 aromatic rings. The van der Waals surface area contributed by atoms with Crippen LogP contribution in [0.15, 0.2) is 6.20 Å². The third-order valence-corrected chi connectivity index (χ3v) is 2.52. The molecule has 1 heterocycles. The Labute approximate surface area is 99.8 Å². The van der Waals surface area contributed by atoms with Crippen LogP contribution >= 0.6 is 11.6 Å². The van der Waals surface area contributed by atoms with Crippen LogP contribution in [0.3, 0.4) is 0 Å². The standard InChI is InChI=1S/C11H15ClN2O2/c1-6-7(11(2,3)4)5-14-9(12)8(6)16-10(13)15/h5H,1-4H3,(H2,13,15). The van der Waals surface area contributed by atoms with Crippen LogP contribution in [0, 0.1) is 6.92 Å². The molecule has 0 saturated heterocycles. The molecule has 0 bridgehead atoms. The maximum Gasteiger partial charge on any atom is 0.410 e. The molecule has 1 amide bonds. The maximum absolute atomic E-state index is 10.7. The van der Waals surface area contributed by atoms with Crippen LogP contribution in [0.4, 0.5) is 4.79 Å². The molecule has 0 aliphatic heterocycles. The molecular formula is C11H15ClN2O2. The van der Waals surface area contributed by atoms with Gasteiger partial charge < -0.3 is 10.5 Å². The lowest BCUT2D eigenvalue weighted by molar-refractivity contribution is 0.210. The van der Waals surface area contributed by atoms with Crippen LogP contribution in [0.1, 0.15) is 31.9 Å². The van der Waals surface area contributed by atoms with Gasteiger partial charge in [0.1, 0.15) is 0 Å². The molecule has 1 rings (SSSR count). The highest BCUT2D eigenvalue weighted by molar-refractivity contribution is 6.31. The number of halogens is 1. The first-order chi connectivity index (χ1) is 7.23. The molecule has 0 aliphatic rings. The van der Waals surface area contributed by atoms with Gasteiger partial charge in [-0.25, -0.2) is 9.78 Å². The van der Waals surface area contributed by atoms with Gasteiger partial charge in [0.15, 0.2) is 10.9 Å². The van der Waals surface area contributed by atoms with Crippen molar-refractivity contribution in [1.82, 2.24) is 4.98 Å². The Morgan fingerprint density at radius 1 is 1.50 bits per heavy atom. The molecule has 0 atom stereocenters. The van der Waals surface area contributed by atoms with Crippen LogP contribution in [-0.2, 0) is 5.41 Å². The molecule has 1 aromatic heterocycles.